The molecule has 3 heteroatoms. The zero-order valence-electron chi connectivity index (χ0n) is 82.3. The predicted molar refractivity (Wildman–Crippen MR) is 589 cm³/mol. The number of aryl methyl sites for hydroxylation is 8. The van der Waals surface area contributed by atoms with Crippen LogP contribution in [-0.4, -0.2) is 18.4 Å². The fourth-order valence-electron chi connectivity index (χ4n) is 22.4. The number of benzene rings is 13. The molecule has 0 bridgehead atoms. The van der Waals surface area contributed by atoms with Crippen LogP contribution in [0.1, 0.15) is 319 Å². The van der Waals surface area contributed by atoms with Crippen molar-refractivity contribution in [1.82, 2.24) is 0 Å². The molecule has 134 heavy (non-hydrogen) atoms. The van der Waals surface area contributed by atoms with Crippen LogP contribution in [0.5, 0.6) is 0 Å². The minimum atomic E-state index is -2.08. The summed E-state index contributed by atoms with van der Waals surface area (Å²) in [6.45, 7) is 9.28. The van der Waals surface area contributed by atoms with Gasteiger partial charge in [-0.05, 0) is 263 Å². The van der Waals surface area contributed by atoms with Crippen LogP contribution in [-0.2, 0) is 38.5 Å². The predicted octanol–water partition coefficient (Wildman–Crippen LogP) is 38.1. The monoisotopic (exact) mass is 1890 g/mol. The van der Waals surface area contributed by atoms with Gasteiger partial charge in [0.15, 0.2) is 0 Å². The van der Waals surface area contributed by atoms with Gasteiger partial charge in [-0.2, -0.15) is 0 Å². The average Bonchev–Trinajstić information content (AvgIpc) is 1.62. The zero-order valence-corrected chi connectivity index (χ0v) is 86.0. The molecule has 0 saturated heterocycles. The molecule has 2 atom stereocenters. The second-order valence-corrected chi connectivity index (χ2v) is 57.3. The summed E-state index contributed by atoms with van der Waals surface area (Å²) in [5, 5.41) is 9.18. The minimum absolute atomic E-state index is 0.181. The Morgan fingerprint density at radius 3 is 1.13 bits per heavy atom. The summed E-state index contributed by atoms with van der Waals surface area (Å²) in [6.07, 6.45) is 56.9. The number of hydrogen-bond donors (Lipinski definition) is 0. The molecule has 0 spiro atoms. The standard InChI is InChI=1S/C75H78.C33H50.C20H14NS.3CH3.Sn/c1-2-3-4-5-6-7-12-37-62-53-73(65-47-49-67(52-65)75(60-35-15-10-16-36-60)71-45-26-40-58-32-21-23-43-69(58)71)63(38-17-8-11-27-55-28-24-41-61(50-55)56-29-18-19-30-56)54-72(62)64-46-48-66(51-64)74(59-33-13-9-14-34-59)70-44-25-39-57-31-20-22-42-68(57)70;1-4-5-6-7-8-9-12-21-31-24-28(3)32(25-27(31)2)22-13-10-11-17-29-18-16-23-33(26-29)30-19-14-15-20-30;1-2-10-17(11-3-1)21(20-14-7-15-22-20)19-13-6-9-16-8-4-5-12-18(16)19;;;;/h9-10,13-16,20-26,28,31-36,39-50,53-54,56,74-75H,2-8,11-12,17-19,27,29-30,37-38,51-52H2,1H3;16,18,23-26,30H,4-15,17,19-22H2,1-3H3;1-14H;3*1H3;. The fraction of sp³-hybridized carbons (Fsp3) is 0.359. The van der Waals surface area contributed by atoms with E-state index < -0.39 is 18.4 Å². The van der Waals surface area contributed by atoms with Gasteiger partial charge in [-0.15, -0.1) is 0 Å². The number of hydrogen-bond acceptors (Lipinski definition) is 2. The zero-order chi connectivity index (χ0) is 92.1. The van der Waals surface area contributed by atoms with Crippen molar-refractivity contribution >= 4 is 92.4 Å². The molecule has 13 aromatic carbocycles. The van der Waals surface area contributed by atoms with Gasteiger partial charge in [0.2, 0.25) is 0 Å². The second-order valence-electron chi connectivity index (χ2n) is 40.8. The molecular formula is C131H151NSSn. The van der Waals surface area contributed by atoms with E-state index in [2.05, 4.69) is 375 Å². The Kier molecular flexibility index (Phi) is 35.9. The van der Waals surface area contributed by atoms with E-state index in [9.17, 15) is 0 Å². The van der Waals surface area contributed by atoms with Gasteiger partial charge in [-0.25, -0.2) is 0 Å². The number of nitrogens with zero attached hydrogens (tertiary/aromatic N) is 1. The molecule has 2 saturated carbocycles. The maximum absolute atomic E-state index is 2.70. The first-order valence-electron chi connectivity index (χ1n) is 52.6. The van der Waals surface area contributed by atoms with Crippen LogP contribution in [0.4, 0.5) is 16.4 Å². The third-order valence-electron chi connectivity index (χ3n) is 29.9. The van der Waals surface area contributed by atoms with Crippen molar-refractivity contribution in [2.24, 2.45) is 0 Å². The van der Waals surface area contributed by atoms with Gasteiger partial charge in [-0.1, -0.05) is 383 Å². The Labute approximate surface area is 815 Å². The molecule has 4 aliphatic rings. The summed E-state index contributed by atoms with van der Waals surface area (Å²) in [5.41, 5.74) is 32.5. The van der Waals surface area contributed by atoms with E-state index in [4.69, 9.17) is 0 Å². The summed E-state index contributed by atoms with van der Waals surface area (Å²) in [4.78, 5) is 9.85. The van der Waals surface area contributed by atoms with Gasteiger partial charge in [0.1, 0.15) is 0 Å². The van der Waals surface area contributed by atoms with Gasteiger partial charge < -0.3 is 0 Å². The first-order chi connectivity index (χ1) is 65.9. The summed E-state index contributed by atoms with van der Waals surface area (Å²) in [5.74, 6) is 1.97. The fourth-order valence-corrected chi connectivity index (χ4v) is 28.7. The molecule has 0 aliphatic heterocycles. The molecule has 18 rings (SSSR count). The summed E-state index contributed by atoms with van der Waals surface area (Å²) < 4.78 is 1.61. The number of para-hydroxylation sites is 1. The van der Waals surface area contributed by atoms with Crippen molar-refractivity contribution in [1.29, 1.82) is 0 Å². The van der Waals surface area contributed by atoms with Gasteiger partial charge in [0, 0.05) is 11.8 Å². The average molecular weight is 1890 g/mol. The molecule has 2 unspecified atom stereocenters. The van der Waals surface area contributed by atoms with E-state index in [0.29, 0.717) is 0 Å². The molecule has 1 nitrogen and oxygen atoms in total. The Balaban J connectivity index is 0.000000180. The van der Waals surface area contributed by atoms with E-state index in [-0.39, 0.29) is 11.8 Å². The SMILES string of the molecule is CCCCCCCCCc1cc(C)c(CCCCCc2cccc(C3CCCC3)c2)cc1C.CCCCCCCCCc1cc(C2=CC=C(C(c3ccccc3)c3cccc4ccccc34)C2)c(CCCCCc2cccc(C3CCCC3)c2)cc1C1=CC=C(C(c2ccccc2)c2cccc3ccccc23)C1.[CH3][Sn]([CH3])([CH3])[c]1ccc(N(c2ccccc2)c2cccc3ccccc23)s1. The Hall–Kier alpha value is -10.1. The molecule has 0 amide bonds. The van der Waals surface area contributed by atoms with Gasteiger partial charge >= 0.3 is 164 Å². The summed E-state index contributed by atoms with van der Waals surface area (Å²) >= 11 is -0.114. The third kappa shape index (κ3) is 26.0. The van der Waals surface area contributed by atoms with Crippen molar-refractivity contribution in [2.45, 2.75) is 297 Å². The number of thiophene rings is 1. The van der Waals surface area contributed by atoms with E-state index in [1.807, 2.05) is 11.3 Å². The molecule has 2 fully saturated rings. The molecule has 1 heterocycles. The quantitative estimate of drug-likeness (QED) is 0.0272. The van der Waals surface area contributed by atoms with Crippen molar-refractivity contribution in [3.05, 3.63) is 428 Å². The van der Waals surface area contributed by atoms with Crippen molar-refractivity contribution in [3.63, 3.8) is 0 Å². The maximum atomic E-state index is 2.70. The topological polar surface area (TPSA) is 3.24 Å². The van der Waals surface area contributed by atoms with Crippen LogP contribution in [0.3, 0.4) is 0 Å². The van der Waals surface area contributed by atoms with Gasteiger partial charge in [0.05, 0.1) is 0 Å². The third-order valence-corrected chi connectivity index (χ3v) is 40.5. The van der Waals surface area contributed by atoms with Crippen LogP contribution in [0.2, 0.25) is 14.8 Å². The molecule has 1 aromatic heterocycles. The Bertz CT molecular complexity index is 6190. The number of allylic oxidation sites excluding steroid dienone is 8. The molecule has 0 N–H and O–H groups in total. The van der Waals surface area contributed by atoms with E-state index in [0.717, 1.165) is 37.5 Å². The van der Waals surface area contributed by atoms with Crippen molar-refractivity contribution in [3.8, 4) is 0 Å². The molecule has 0 radical (unpaired) electrons. The molecule has 690 valence electrons. The molecule has 4 aliphatic carbocycles. The summed E-state index contributed by atoms with van der Waals surface area (Å²) in [6, 6.07) is 114. The second kappa shape index (κ2) is 49.6. The normalized spacial score (nSPS) is 14.5. The van der Waals surface area contributed by atoms with Gasteiger partial charge in [0.25, 0.3) is 0 Å². The van der Waals surface area contributed by atoms with Gasteiger partial charge in [-0.3, -0.25) is 0 Å². The van der Waals surface area contributed by atoms with Crippen LogP contribution in [0.15, 0.2) is 339 Å². The Morgan fingerprint density at radius 1 is 0.321 bits per heavy atom. The van der Waals surface area contributed by atoms with Crippen molar-refractivity contribution < 1.29 is 0 Å². The Morgan fingerprint density at radius 2 is 0.687 bits per heavy atom. The molecular weight excluding hydrogens is 1740 g/mol. The summed E-state index contributed by atoms with van der Waals surface area (Å²) in [7, 11) is 0. The number of anilines is 3. The first-order valence-corrected chi connectivity index (χ1v) is 63.4. The van der Waals surface area contributed by atoms with E-state index in [1.165, 1.54) is 338 Å². The van der Waals surface area contributed by atoms with Crippen LogP contribution >= 0.6 is 11.3 Å². The van der Waals surface area contributed by atoms with Crippen molar-refractivity contribution in [2.75, 3.05) is 4.90 Å². The number of unbranched alkanes of at least 4 members (excludes halogenated alkanes) is 16. The first kappa shape index (κ1) is 97.0. The number of fused-ring (bicyclic) bond motifs is 3. The van der Waals surface area contributed by atoms with Crippen LogP contribution in [0, 0.1) is 13.8 Å². The molecule has 14 aromatic rings. The van der Waals surface area contributed by atoms with Crippen LogP contribution < -0.4 is 7.79 Å². The van der Waals surface area contributed by atoms with E-state index >= 15 is 0 Å². The van der Waals surface area contributed by atoms with Crippen LogP contribution in [0.25, 0.3) is 43.5 Å². The van der Waals surface area contributed by atoms with E-state index in [1.54, 1.807) is 30.7 Å². The number of rotatable bonds is 42.